The molecule has 0 spiro atoms. The van der Waals surface area contributed by atoms with Gasteiger partial charge in [0.1, 0.15) is 0 Å². The summed E-state index contributed by atoms with van der Waals surface area (Å²) in [5.74, 6) is 0. The van der Waals surface area contributed by atoms with E-state index in [-0.39, 0.29) is 0 Å². The van der Waals surface area contributed by atoms with E-state index in [2.05, 4.69) is 22.9 Å². The van der Waals surface area contributed by atoms with Gasteiger partial charge in [-0.25, -0.2) is 0 Å². The first-order chi connectivity index (χ1) is 4.74. The second-order valence-corrected chi connectivity index (χ2v) is 3.03. The highest BCUT2D eigenvalue weighted by Crippen LogP contribution is 2.19. The van der Waals surface area contributed by atoms with Crippen LogP contribution >= 0.6 is 27.5 Å². The molecule has 0 aliphatic rings. The molecule has 0 aliphatic heterocycles. The molecule has 0 saturated heterocycles. The van der Waals surface area contributed by atoms with Gasteiger partial charge in [0, 0.05) is 10.4 Å². The van der Waals surface area contributed by atoms with Crippen molar-refractivity contribution in [3.05, 3.63) is 41.3 Å². The van der Waals surface area contributed by atoms with Crippen molar-refractivity contribution in [2.24, 2.45) is 0 Å². The molecule has 0 amide bonds. The molecule has 2 heteroatoms. The molecule has 1 radical (unpaired) electrons. The van der Waals surface area contributed by atoms with Crippen molar-refractivity contribution in [3.8, 4) is 0 Å². The summed E-state index contributed by atoms with van der Waals surface area (Å²) in [6.45, 7) is 3.79. The lowest BCUT2D eigenvalue weighted by Crippen LogP contribution is -1.80. The third-order valence-corrected chi connectivity index (χ3v) is 2.23. The van der Waals surface area contributed by atoms with Crippen molar-refractivity contribution < 1.29 is 0 Å². The zero-order chi connectivity index (χ0) is 7.56. The summed E-state index contributed by atoms with van der Waals surface area (Å²) in [4.78, 5) is 0. The first kappa shape index (κ1) is 8.09. The van der Waals surface area contributed by atoms with Crippen molar-refractivity contribution in [1.82, 2.24) is 0 Å². The number of hydrogen-bond donors (Lipinski definition) is 0. The van der Waals surface area contributed by atoms with Crippen LogP contribution < -0.4 is 0 Å². The smallest absolute Gasteiger partial charge is 0.0446 e. The van der Waals surface area contributed by atoms with E-state index in [9.17, 15) is 0 Å². The van der Waals surface area contributed by atoms with Gasteiger partial charge in [-0.05, 0) is 24.1 Å². The average molecular weight is 219 g/mol. The van der Waals surface area contributed by atoms with E-state index in [0.717, 1.165) is 21.5 Å². The number of hydrogen-bond acceptors (Lipinski definition) is 0. The summed E-state index contributed by atoms with van der Waals surface area (Å²) in [6.07, 6.45) is 0. The van der Waals surface area contributed by atoms with Gasteiger partial charge in [-0.3, -0.25) is 0 Å². The average Bonchev–Trinajstić information content (AvgIpc) is 1.94. The van der Waals surface area contributed by atoms with E-state index >= 15 is 0 Å². The van der Waals surface area contributed by atoms with Gasteiger partial charge in [0.15, 0.2) is 0 Å². The molecule has 1 aromatic rings. The monoisotopic (exact) mass is 217 g/mol. The SMILES string of the molecule is [CH2]c1ccc(Cl)c(CBr)c1. The van der Waals surface area contributed by atoms with Crippen LogP contribution in [0.3, 0.4) is 0 Å². The van der Waals surface area contributed by atoms with E-state index in [1.165, 1.54) is 0 Å². The fourth-order valence-corrected chi connectivity index (χ4v) is 1.54. The Morgan fingerprint density at radius 1 is 1.50 bits per heavy atom. The van der Waals surface area contributed by atoms with E-state index < -0.39 is 0 Å². The van der Waals surface area contributed by atoms with Crippen LogP contribution in [0, 0.1) is 6.92 Å². The quantitative estimate of drug-likeness (QED) is 0.634. The van der Waals surface area contributed by atoms with Crippen molar-refractivity contribution in [1.29, 1.82) is 0 Å². The molecule has 1 aromatic carbocycles. The standard InChI is InChI=1S/C8H7BrCl/c1-6-2-3-8(10)7(4-6)5-9/h2-4H,1,5H2. The van der Waals surface area contributed by atoms with Crippen LogP contribution in [-0.2, 0) is 5.33 Å². The Hall–Kier alpha value is -0.0100. The maximum Gasteiger partial charge on any atom is 0.0446 e. The molecule has 0 saturated carbocycles. The van der Waals surface area contributed by atoms with E-state index in [1.807, 2.05) is 18.2 Å². The predicted molar refractivity (Wildman–Crippen MR) is 48.5 cm³/mol. The number of benzene rings is 1. The highest BCUT2D eigenvalue weighted by molar-refractivity contribution is 9.08. The largest absolute Gasteiger partial charge is 0.0876 e. The second kappa shape index (κ2) is 3.40. The van der Waals surface area contributed by atoms with Crippen LogP contribution in [0.5, 0.6) is 0 Å². The third-order valence-electron chi connectivity index (χ3n) is 1.25. The Labute approximate surface area is 74.3 Å². The van der Waals surface area contributed by atoms with Gasteiger partial charge in [-0.2, -0.15) is 0 Å². The maximum atomic E-state index is 5.84. The predicted octanol–water partition coefficient (Wildman–Crippen LogP) is 3.42. The maximum absolute atomic E-state index is 5.84. The van der Waals surface area contributed by atoms with Crippen LogP contribution in [0.25, 0.3) is 0 Å². The Balaban J connectivity index is 3.09. The Kier molecular flexibility index (Phi) is 2.75. The molecule has 0 aliphatic carbocycles. The highest BCUT2D eigenvalue weighted by atomic mass is 79.9. The molecule has 0 heterocycles. The molecular formula is C8H7BrCl. The molecule has 0 aromatic heterocycles. The molecule has 0 nitrogen and oxygen atoms in total. The molecular weight excluding hydrogens is 211 g/mol. The third kappa shape index (κ3) is 1.74. The lowest BCUT2D eigenvalue weighted by atomic mass is 10.2. The van der Waals surface area contributed by atoms with Gasteiger partial charge >= 0.3 is 0 Å². The highest BCUT2D eigenvalue weighted by Gasteiger charge is 1.96. The summed E-state index contributed by atoms with van der Waals surface area (Å²) in [6, 6.07) is 5.73. The molecule has 0 fully saturated rings. The summed E-state index contributed by atoms with van der Waals surface area (Å²) >= 11 is 9.17. The van der Waals surface area contributed by atoms with Gasteiger partial charge in [0.2, 0.25) is 0 Å². The Bertz CT molecular complexity index is 233. The summed E-state index contributed by atoms with van der Waals surface area (Å²) in [5.41, 5.74) is 2.09. The van der Waals surface area contributed by atoms with Gasteiger partial charge in [-0.15, -0.1) is 0 Å². The molecule has 1 rings (SSSR count). The number of rotatable bonds is 1. The summed E-state index contributed by atoms with van der Waals surface area (Å²) in [5, 5.41) is 1.58. The van der Waals surface area contributed by atoms with Crippen LogP contribution in [0.1, 0.15) is 11.1 Å². The minimum absolute atomic E-state index is 0.787. The molecule has 53 valence electrons. The first-order valence-electron chi connectivity index (χ1n) is 2.90. The number of halogens is 2. The zero-order valence-electron chi connectivity index (χ0n) is 5.40. The van der Waals surface area contributed by atoms with Crippen molar-refractivity contribution in [2.45, 2.75) is 5.33 Å². The van der Waals surface area contributed by atoms with E-state index in [0.29, 0.717) is 0 Å². The zero-order valence-corrected chi connectivity index (χ0v) is 7.74. The normalized spacial score (nSPS) is 9.90. The van der Waals surface area contributed by atoms with Crippen LogP contribution in [-0.4, -0.2) is 0 Å². The Morgan fingerprint density at radius 3 is 2.70 bits per heavy atom. The molecule has 0 unspecified atom stereocenters. The van der Waals surface area contributed by atoms with Gasteiger partial charge in [0.05, 0.1) is 0 Å². The minimum Gasteiger partial charge on any atom is -0.0876 e. The van der Waals surface area contributed by atoms with Crippen LogP contribution in [0.15, 0.2) is 18.2 Å². The molecule has 0 N–H and O–H groups in total. The van der Waals surface area contributed by atoms with Crippen molar-refractivity contribution in [3.63, 3.8) is 0 Å². The van der Waals surface area contributed by atoms with E-state index in [4.69, 9.17) is 11.6 Å². The van der Waals surface area contributed by atoms with Crippen molar-refractivity contribution >= 4 is 27.5 Å². The number of alkyl halides is 1. The van der Waals surface area contributed by atoms with Gasteiger partial charge in [0.25, 0.3) is 0 Å². The summed E-state index contributed by atoms with van der Waals surface area (Å²) < 4.78 is 0. The fourth-order valence-electron chi connectivity index (χ4n) is 0.730. The van der Waals surface area contributed by atoms with Gasteiger partial charge in [-0.1, -0.05) is 39.7 Å². The summed E-state index contributed by atoms with van der Waals surface area (Å²) in [7, 11) is 0. The molecule has 0 atom stereocenters. The van der Waals surface area contributed by atoms with E-state index in [1.54, 1.807) is 0 Å². The molecule has 0 bridgehead atoms. The lowest BCUT2D eigenvalue weighted by Gasteiger charge is -1.99. The second-order valence-electron chi connectivity index (χ2n) is 2.06. The Morgan fingerprint density at radius 2 is 2.20 bits per heavy atom. The minimum atomic E-state index is 0.787. The first-order valence-corrected chi connectivity index (χ1v) is 4.40. The van der Waals surface area contributed by atoms with Crippen molar-refractivity contribution in [2.75, 3.05) is 0 Å². The molecule has 10 heavy (non-hydrogen) atoms. The lowest BCUT2D eigenvalue weighted by molar-refractivity contribution is 1.41. The van der Waals surface area contributed by atoms with Crippen LogP contribution in [0.4, 0.5) is 0 Å². The topological polar surface area (TPSA) is 0 Å². The fraction of sp³-hybridized carbons (Fsp3) is 0.125. The van der Waals surface area contributed by atoms with Crippen LogP contribution in [0.2, 0.25) is 5.02 Å². The van der Waals surface area contributed by atoms with Gasteiger partial charge < -0.3 is 0 Å².